The van der Waals surface area contributed by atoms with Gasteiger partial charge in [0.1, 0.15) is 0 Å². The first-order valence-corrected chi connectivity index (χ1v) is 4.61. The lowest BCUT2D eigenvalue weighted by Crippen LogP contribution is -2.45. The standard InChI is InChI=1S/C9H19N2/c1-3-4-7-11(2)8-5-6-9(11)10/h10H,3-8H2,1-2H3/q+1. The Labute approximate surface area is 69.3 Å². The van der Waals surface area contributed by atoms with E-state index in [0.717, 1.165) is 16.7 Å². The lowest BCUT2D eigenvalue weighted by molar-refractivity contribution is -0.815. The summed E-state index contributed by atoms with van der Waals surface area (Å²) in [5.41, 5.74) is 0. The number of hydrogen-bond acceptors (Lipinski definition) is 1. The molecule has 1 aliphatic rings. The molecule has 1 heterocycles. The fraction of sp³-hybridized carbons (Fsp3) is 0.889. The average Bonchev–Trinajstić information content (AvgIpc) is 2.30. The minimum Gasteiger partial charge on any atom is -0.281 e. The van der Waals surface area contributed by atoms with Gasteiger partial charge in [-0.3, -0.25) is 9.89 Å². The molecule has 1 unspecified atom stereocenters. The third-order valence-corrected chi connectivity index (χ3v) is 2.72. The molecule has 0 spiro atoms. The van der Waals surface area contributed by atoms with Gasteiger partial charge in [-0.1, -0.05) is 13.3 Å². The maximum Gasteiger partial charge on any atom is 0.195 e. The number of nitrogens with zero attached hydrogens (tertiary/aromatic N) is 1. The van der Waals surface area contributed by atoms with Crippen molar-refractivity contribution in [2.45, 2.75) is 32.6 Å². The molecule has 0 aliphatic carbocycles. The summed E-state index contributed by atoms with van der Waals surface area (Å²) in [6.45, 7) is 4.58. The van der Waals surface area contributed by atoms with Gasteiger partial charge >= 0.3 is 0 Å². The summed E-state index contributed by atoms with van der Waals surface area (Å²) in [7, 11) is 2.20. The first kappa shape index (κ1) is 8.72. The van der Waals surface area contributed by atoms with Crippen LogP contribution in [0.1, 0.15) is 32.6 Å². The topological polar surface area (TPSA) is 23.9 Å². The van der Waals surface area contributed by atoms with Gasteiger partial charge in [-0.2, -0.15) is 0 Å². The van der Waals surface area contributed by atoms with E-state index in [2.05, 4.69) is 14.0 Å². The van der Waals surface area contributed by atoms with Crippen molar-refractivity contribution in [3.63, 3.8) is 0 Å². The van der Waals surface area contributed by atoms with Crippen LogP contribution in [0, 0.1) is 5.41 Å². The molecule has 1 fully saturated rings. The maximum absolute atomic E-state index is 7.75. The van der Waals surface area contributed by atoms with Crippen LogP contribution in [0.25, 0.3) is 0 Å². The summed E-state index contributed by atoms with van der Waals surface area (Å²) in [4.78, 5) is 0. The summed E-state index contributed by atoms with van der Waals surface area (Å²) >= 11 is 0. The summed E-state index contributed by atoms with van der Waals surface area (Å²) in [6, 6.07) is 0. The highest BCUT2D eigenvalue weighted by Gasteiger charge is 2.32. The molecule has 0 aromatic rings. The van der Waals surface area contributed by atoms with E-state index in [1.165, 1.54) is 32.4 Å². The molecule has 2 heteroatoms. The predicted octanol–water partition coefficient (Wildman–Crippen LogP) is 2.00. The van der Waals surface area contributed by atoms with Crippen molar-refractivity contribution >= 4 is 5.84 Å². The SMILES string of the molecule is CCCC[N+]1(C)CCCC1=N. The summed E-state index contributed by atoms with van der Waals surface area (Å²) in [6.07, 6.45) is 4.76. The zero-order valence-electron chi connectivity index (χ0n) is 7.69. The number of likely N-dealkylation sites (tertiary alicyclic amines) is 1. The van der Waals surface area contributed by atoms with Crippen LogP contribution in [-0.4, -0.2) is 30.5 Å². The Bertz CT molecular complexity index is 154. The highest BCUT2D eigenvalue weighted by atomic mass is 15.4. The molecule has 1 atom stereocenters. The fourth-order valence-corrected chi connectivity index (χ4v) is 1.75. The molecule has 1 N–H and O–H groups in total. The largest absolute Gasteiger partial charge is 0.281 e. The van der Waals surface area contributed by atoms with Crippen molar-refractivity contribution in [1.82, 2.24) is 0 Å². The maximum atomic E-state index is 7.75. The average molecular weight is 155 g/mol. The van der Waals surface area contributed by atoms with Crippen LogP contribution >= 0.6 is 0 Å². The van der Waals surface area contributed by atoms with Crippen molar-refractivity contribution in [1.29, 1.82) is 5.41 Å². The molecule has 1 saturated heterocycles. The van der Waals surface area contributed by atoms with Gasteiger partial charge in [-0.25, -0.2) is 0 Å². The molecule has 1 aliphatic heterocycles. The van der Waals surface area contributed by atoms with E-state index in [9.17, 15) is 0 Å². The van der Waals surface area contributed by atoms with Crippen molar-refractivity contribution in [2.75, 3.05) is 20.1 Å². The Morgan fingerprint density at radius 3 is 2.73 bits per heavy atom. The van der Waals surface area contributed by atoms with E-state index in [1.807, 2.05) is 0 Å². The Hall–Kier alpha value is -0.370. The van der Waals surface area contributed by atoms with Gasteiger partial charge < -0.3 is 0 Å². The van der Waals surface area contributed by atoms with Crippen LogP contribution < -0.4 is 0 Å². The van der Waals surface area contributed by atoms with E-state index in [0.29, 0.717) is 0 Å². The number of hydrogen-bond donors (Lipinski definition) is 1. The molecule has 0 aromatic carbocycles. The van der Waals surface area contributed by atoms with Gasteiger partial charge in [0.05, 0.1) is 20.1 Å². The zero-order chi connectivity index (χ0) is 8.32. The minimum atomic E-state index is 0.924. The predicted molar refractivity (Wildman–Crippen MR) is 47.8 cm³/mol. The number of nitrogens with one attached hydrogen (secondary N) is 1. The van der Waals surface area contributed by atoms with E-state index in [4.69, 9.17) is 5.41 Å². The van der Waals surface area contributed by atoms with Crippen LogP contribution in [0.2, 0.25) is 0 Å². The van der Waals surface area contributed by atoms with Gasteiger partial charge in [0, 0.05) is 12.8 Å². The summed E-state index contributed by atoms with van der Waals surface area (Å²) in [5, 5.41) is 7.75. The quantitative estimate of drug-likeness (QED) is 0.603. The van der Waals surface area contributed by atoms with Crippen LogP contribution in [0.15, 0.2) is 0 Å². The van der Waals surface area contributed by atoms with E-state index >= 15 is 0 Å². The molecule has 64 valence electrons. The van der Waals surface area contributed by atoms with E-state index in [1.54, 1.807) is 0 Å². The third-order valence-electron chi connectivity index (χ3n) is 2.72. The van der Waals surface area contributed by atoms with Gasteiger partial charge in [-0.05, 0) is 6.42 Å². The van der Waals surface area contributed by atoms with Gasteiger partial charge in [-0.15, -0.1) is 0 Å². The second-order valence-electron chi connectivity index (χ2n) is 3.75. The monoisotopic (exact) mass is 155 g/mol. The lowest BCUT2D eigenvalue weighted by Gasteiger charge is -2.28. The number of quaternary nitrogens is 1. The molecule has 11 heavy (non-hydrogen) atoms. The molecule has 0 radical (unpaired) electrons. The molecular formula is C9H19N2+. The Kier molecular flexibility index (Phi) is 2.66. The van der Waals surface area contributed by atoms with Gasteiger partial charge in [0.15, 0.2) is 5.84 Å². The number of rotatable bonds is 3. The van der Waals surface area contributed by atoms with E-state index in [-0.39, 0.29) is 0 Å². The van der Waals surface area contributed by atoms with Crippen molar-refractivity contribution in [3.8, 4) is 0 Å². The Balaban J connectivity index is 2.44. The first-order chi connectivity index (χ1) is 5.19. The fourth-order valence-electron chi connectivity index (χ4n) is 1.75. The highest BCUT2D eigenvalue weighted by Crippen LogP contribution is 2.19. The zero-order valence-corrected chi connectivity index (χ0v) is 7.69. The highest BCUT2D eigenvalue weighted by molar-refractivity contribution is 5.73. The van der Waals surface area contributed by atoms with Crippen LogP contribution in [-0.2, 0) is 0 Å². The molecule has 0 bridgehead atoms. The molecule has 0 aromatic heterocycles. The van der Waals surface area contributed by atoms with Gasteiger partial charge in [0.25, 0.3) is 0 Å². The molecule has 2 nitrogen and oxygen atoms in total. The normalized spacial score (nSPS) is 31.3. The minimum absolute atomic E-state index is 0.924. The van der Waals surface area contributed by atoms with Crippen molar-refractivity contribution in [2.24, 2.45) is 0 Å². The smallest absolute Gasteiger partial charge is 0.195 e. The first-order valence-electron chi connectivity index (χ1n) is 4.61. The molecule has 0 saturated carbocycles. The summed E-state index contributed by atoms with van der Waals surface area (Å²) < 4.78 is 0.924. The molecule has 0 amide bonds. The van der Waals surface area contributed by atoms with E-state index < -0.39 is 0 Å². The second-order valence-corrected chi connectivity index (χ2v) is 3.75. The molecular weight excluding hydrogens is 136 g/mol. The molecule has 1 rings (SSSR count). The van der Waals surface area contributed by atoms with Crippen LogP contribution in [0.3, 0.4) is 0 Å². The van der Waals surface area contributed by atoms with Crippen LogP contribution in [0.4, 0.5) is 0 Å². The number of unbranched alkanes of at least 4 members (excludes halogenated alkanes) is 1. The third kappa shape index (κ3) is 1.80. The second kappa shape index (κ2) is 3.35. The van der Waals surface area contributed by atoms with Crippen molar-refractivity contribution in [3.05, 3.63) is 0 Å². The Morgan fingerprint density at radius 2 is 2.27 bits per heavy atom. The lowest BCUT2D eigenvalue weighted by atomic mass is 10.3. The van der Waals surface area contributed by atoms with Crippen LogP contribution in [0.5, 0.6) is 0 Å². The summed E-state index contributed by atoms with van der Waals surface area (Å²) in [5.74, 6) is 0.943. The van der Waals surface area contributed by atoms with Crippen molar-refractivity contribution < 1.29 is 4.48 Å². The van der Waals surface area contributed by atoms with Gasteiger partial charge in [0.2, 0.25) is 0 Å². The Morgan fingerprint density at radius 1 is 1.55 bits per heavy atom. The number of amidine groups is 1.